The molecule has 4 heterocycles. The molecule has 4 fully saturated rings. The number of nitrogens with one attached hydrogen (secondary N) is 1. The van der Waals surface area contributed by atoms with Crippen LogP contribution in [0.3, 0.4) is 0 Å². The topological polar surface area (TPSA) is 105 Å². The Labute approximate surface area is 192 Å². The Morgan fingerprint density at radius 3 is 2.70 bits per heavy atom. The van der Waals surface area contributed by atoms with Crippen LogP contribution >= 0.6 is 0 Å². The van der Waals surface area contributed by atoms with Crippen LogP contribution in [0.25, 0.3) is 0 Å². The van der Waals surface area contributed by atoms with Gasteiger partial charge in [-0.2, -0.15) is 0 Å². The van der Waals surface area contributed by atoms with Crippen molar-refractivity contribution < 1.29 is 38.0 Å². The van der Waals surface area contributed by atoms with Gasteiger partial charge in [0.05, 0.1) is 13.2 Å². The van der Waals surface area contributed by atoms with Crippen molar-refractivity contribution in [3.63, 3.8) is 0 Å². The fourth-order valence-electron chi connectivity index (χ4n) is 4.98. The lowest BCUT2D eigenvalue weighted by Gasteiger charge is -2.43. The molecule has 0 radical (unpaired) electrons. The van der Waals surface area contributed by atoms with Crippen molar-refractivity contribution >= 4 is 12.2 Å². The molecule has 4 saturated heterocycles. The fourth-order valence-corrected chi connectivity index (χ4v) is 4.98. The molecule has 1 amide bonds. The average Bonchev–Trinajstić information content (AvgIpc) is 3.29. The summed E-state index contributed by atoms with van der Waals surface area (Å²) in [5, 5.41) is 2.96. The predicted octanol–water partition coefficient (Wildman–Crippen LogP) is 2.16. The lowest BCUT2D eigenvalue weighted by molar-refractivity contribution is -0.287. The van der Waals surface area contributed by atoms with Crippen LogP contribution in [0.15, 0.2) is 30.3 Å². The zero-order valence-electron chi connectivity index (χ0n) is 18.9. The molecule has 0 aromatic heterocycles. The maximum atomic E-state index is 12.2. The van der Waals surface area contributed by atoms with Crippen LogP contribution in [0.5, 0.6) is 0 Å². The summed E-state index contributed by atoms with van der Waals surface area (Å²) in [5.41, 5.74) is 0.950. The molecule has 0 aliphatic carbocycles. The number of fused-ring (bicyclic) bond motifs is 3. The highest BCUT2D eigenvalue weighted by molar-refractivity contribution is 5.67. The molecule has 1 N–H and O–H groups in total. The number of benzene rings is 1. The van der Waals surface area contributed by atoms with Crippen LogP contribution in [0.2, 0.25) is 0 Å². The van der Waals surface area contributed by atoms with Crippen LogP contribution in [0.1, 0.15) is 32.3 Å². The summed E-state index contributed by atoms with van der Waals surface area (Å²) in [7, 11) is 0. The Morgan fingerprint density at radius 1 is 1.18 bits per heavy atom. The zero-order chi connectivity index (χ0) is 23.1. The van der Waals surface area contributed by atoms with E-state index in [9.17, 15) is 9.59 Å². The third kappa shape index (κ3) is 4.79. The average molecular weight is 462 g/mol. The van der Waals surface area contributed by atoms with E-state index in [0.29, 0.717) is 6.54 Å². The van der Waals surface area contributed by atoms with Crippen LogP contribution in [-0.4, -0.2) is 79.3 Å². The van der Waals surface area contributed by atoms with Crippen LogP contribution in [0.4, 0.5) is 9.59 Å². The van der Waals surface area contributed by atoms with Gasteiger partial charge in [0.15, 0.2) is 24.1 Å². The molecule has 0 saturated carbocycles. The normalized spacial score (nSPS) is 33.5. The Kier molecular flexibility index (Phi) is 5.94. The first-order valence-electron chi connectivity index (χ1n) is 11.4. The van der Waals surface area contributed by atoms with Crippen molar-refractivity contribution in [1.29, 1.82) is 0 Å². The summed E-state index contributed by atoms with van der Waals surface area (Å²) in [6, 6.07) is 9.63. The summed E-state index contributed by atoms with van der Waals surface area (Å²) in [6.07, 6.45) is -1.21. The van der Waals surface area contributed by atoms with Crippen molar-refractivity contribution in [2.24, 2.45) is 0 Å². The number of ether oxygens (including phenoxy) is 6. The first kappa shape index (κ1) is 22.4. The minimum Gasteiger partial charge on any atom is -0.445 e. The Bertz CT molecular complexity index is 872. The number of likely N-dealkylation sites (tertiary alicyclic amines) is 1. The monoisotopic (exact) mass is 462 g/mol. The number of rotatable bonds is 5. The number of alkyl carbamates (subject to hydrolysis) is 1. The summed E-state index contributed by atoms with van der Waals surface area (Å²) in [4.78, 5) is 26.1. The molecular formula is C23H30N2O8. The lowest BCUT2D eigenvalue weighted by Crippen LogP contribution is -2.63. The van der Waals surface area contributed by atoms with E-state index >= 15 is 0 Å². The summed E-state index contributed by atoms with van der Waals surface area (Å²) >= 11 is 0. The number of hydrogen-bond donors (Lipinski definition) is 1. The molecule has 5 rings (SSSR count). The van der Waals surface area contributed by atoms with Crippen molar-refractivity contribution in [2.75, 3.05) is 26.2 Å². The molecule has 4 aliphatic heterocycles. The largest absolute Gasteiger partial charge is 0.509 e. The Balaban J connectivity index is 1.13. The number of carbonyl (C=O) groups is 2. The van der Waals surface area contributed by atoms with Gasteiger partial charge in [0.1, 0.15) is 6.61 Å². The van der Waals surface area contributed by atoms with Gasteiger partial charge in [0, 0.05) is 19.1 Å². The minimum atomic E-state index is -1.05. The van der Waals surface area contributed by atoms with E-state index in [1.165, 1.54) is 0 Å². The van der Waals surface area contributed by atoms with E-state index in [4.69, 9.17) is 28.4 Å². The smallest absolute Gasteiger partial charge is 0.445 e. The molecule has 1 aromatic carbocycles. The standard InChI is InChI=1S/C23H30N2O8/c1-22(2)32-19-18-17(30-21(27)31-18)13-29-23(19,33-22)14-25-10-8-16(9-11-25)24-20(26)28-12-15-6-4-3-5-7-15/h3-7,16-19H,8-14H2,1-2H3,(H,24,26)/t17-,18-,19+,23+/m1/s1. The second-order valence-corrected chi connectivity index (χ2v) is 9.41. The van der Waals surface area contributed by atoms with E-state index in [0.717, 1.165) is 31.5 Å². The van der Waals surface area contributed by atoms with Crippen LogP contribution < -0.4 is 5.32 Å². The van der Waals surface area contributed by atoms with Gasteiger partial charge in [0.25, 0.3) is 0 Å². The molecule has 0 unspecified atom stereocenters. The summed E-state index contributed by atoms with van der Waals surface area (Å²) in [6.45, 7) is 6.03. The highest BCUT2D eigenvalue weighted by atomic mass is 16.9. The van der Waals surface area contributed by atoms with Gasteiger partial charge in [-0.15, -0.1) is 0 Å². The van der Waals surface area contributed by atoms with Gasteiger partial charge in [0.2, 0.25) is 5.79 Å². The van der Waals surface area contributed by atoms with Crippen molar-refractivity contribution in [3.05, 3.63) is 35.9 Å². The fraction of sp³-hybridized carbons (Fsp3) is 0.652. The number of hydrogen-bond acceptors (Lipinski definition) is 9. The Morgan fingerprint density at radius 2 is 1.94 bits per heavy atom. The van der Waals surface area contributed by atoms with E-state index in [1.54, 1.807) is 0 Å². The van der Waals surface area contributed by atoms with Gasteiger partial charge in [-0.1, -0.05) is 30.3 Å². The Hall–Kier alpha value is -2.40. The summed E-state index contributed by atoms with van der Waals surface area (Å²) in [5.74, 6) is -1.93. The second kappa shape index (κ2) is 8.75. The zero-order valence-corrected chi connectivity index (χ0v) is 18.9. The van der Waals surface area contributed by atoms with Crippen molar-refractivity contribution in [1.82, 2.24) is 10.2 Å². The van der Waals surface area contributed by atoms with Gasteiger partial charge in [-0.05, 0) is 32.3 Å². The molecular weight excluding hydrogens is 432 g/mol. The highest BCUT2D eigenvalue weighted by Gasteiger charge is 2.65. The highest BCUT2D eigenvalue weighted by Crippen LogP contribution is 2.45. The van der Waals surface area contributed by atoms with Gasteiger partial charge < -0.3 is 33.7 Å². The predicted molar refractivity (Wildman–Crippen MR) is 113 cm³/mol. The van der Waals surface area contributed by atoms with E-state index < -0.39 is 42.1 Å². The van der Waals surface area contributed by atoms with E-state index in [-0.39, 0.29) is 19.3 Å². The third-order valence-corrected chi connectivity index (χ3v) is 6.47. The molecule has 0 bridgehead atoms. The molecule has 180 valence electrons. The lowest BCUT2D eigenvalue weighted by atomic mass is 9.95. The molecule has 10 heteroatoms. The van der Waals surface area contributed by atoms with Gasteiger partial charge in [-0.3, -0.25) is 4.90 Å². The van der Waals surface area contributed by atoms with E-state index in [1.807, 2.05) is 44.2 Å². The van der Waals surface area contributed by atoms with Crippen molar-refractivity contribution in [3.8, 4) is 0 Å². The minimum absolute atomic E-state index is 0.0378. The second-order valence-electron chi connectivity index (χ2n) is 9.41. The number of nitrogens with zero attached hydrogens (tertiary/aromatic N) is 1. The van der Waals surface area contributed by atoms with Crippen molar-refractivity contribution in [2.45, 2.75) is 69.2 Å². The quantitative estimate of drug-likeness (QED) is 0.659. The molecule has 33 heavy (non-hydrogen) atoms. The molecule has 10 nitrogen and oxygen atoms in total. The molecule has 0 spiro atoms. The van der Waals surface area contributed by atoms with Crippen LogP contribution in [0, 0.1) is 0 Å². The molecule has 4 atom stereocenters. The number of amides is 1. The first-order valence-corrected chi connectivity index (χ1v) is 11.4. The summed E-state index contributed by atoms with van der Waals surface area (Å²) < 4.78 is 34.3. The maximum absolute atomic E-state index is 12.2. The SMILES string of the molecule is CC1(C)O[C@H]2[C@@H]3OC(=O)O[C@@H]3CO[C@@]2(CN2CCC(NC(=O)OCc3ccccc3)CC2)O1. The third-order valence-electron chi connectivity index (χ3n) is 6.47. The molecule has 1 aromatic rings. The van der Waals surface area contributed by atoms with E-state index in [2.05, 4.69) is 10.2 Å². The van der Waals surface area contributed by atoms with Crippen LogP contribution in [-0.2, 0) is 35.0 Å². The number of piperidine rings is 1. The number of carbonyl (C=O) groups excluding carboxylic acids is 2. The first-order chi connectivity index (χ1) is 15.8. The van der Waals surface area contributed by atoms with Gasteiger partial charge >= 0.3 is 12.2 Å². The molecule has 4 aliphatic rings. The maximum Gasteiger partial charge on any atom is 0.509 e. The van der Waals surface area contributed by atoms with Gasteiger partial charge in [-0.25, -0.2) is 9.59 Å².